The number of nitrogens with one attached hydrogen (secondary N) is 1. The van der Waals surface area contributed by atoms with Crippen molar-refractivity contribution in [1.29, 1.82) is 0 Å². The van der Waals surface area contributed by atoms with Gasteiger partial charge in [0.1, 0.15) is 6.04 Å². The highest BCUT2D eigenvalue weighted by molar-refractivity contribution is 5.77. The topological polar surface area (TPSA) is 92.4 Å². The van der Waals surface area contributed by atoms with Crippen LogP contribution in [0.1, 0.15) is 26.7 Å². The molecule has 1 saturated heterocycles. The number of rotatable bonds is 2. The molecule has 1 amide bonds. The number of nitrogens with two attached hydrogens (primary N) is 1. The van der Waals surface area contributed by atoms with Crippen molar-refractivity contribution in [3.63, 3.8) is 0 Å². The van der Waals surface area contributed by atoms with Crippen LogP contribution in [0.5, 0.6) is 0 Å². The van der Waals surface area contributed by atoms with Gasteiger partial charge in [-0.15, -0.1) is 0 Å². The molecule has 5 nitrogen and oxygen atoms in total. The van der Waals surface area contributed by atoms with Crippen molar-refractivity contribution < 1.29 is 14.7 Å². The summed E-state index contributed by atoms with van der Waals surface area (Å²) in [6, 6.07) is -0.713. The molecule has 0 aromatic heterocycles. The molecule has 0 unspecified atom stereocenters. The van der Waals surface area contributed by atoms with E-state index in [2.05, 4.69) is 5.32 Å². The van der Waals surface area contributed by atoms with E-state index in [4.69, 9.17) is 10.8 Å². The molecular weight excluding hydrogens is 184 g/mol. The minimum Gasteiger partial charge on any atom is -0.480 e. The van der Waals surface area contributed by atoms with Crippen LogP contribution in [0.3, 0.4) is 0 Å². The lowest BCUT2D eigenvalue weighted by molar-refractivity contribution is -0.139. The summed E-state index contributed by atoms with van der Waals surface area (Å²) < 4.78 is 0. The maximum atomic E-state index is 10.1. The smallest absolute Gasteiger partial charge is 0.320 e. The Bertz CT molecular complexity index is 196. The second-order valence-electron chi connectivity index (χ2n) is 3.56. The van der Waals surface area contributed by atoms with Crippen molar-refractivity contribution >= 4 is 11.9 Å². The van der Waals surface area contributed by atoms with E-state index in [0.29, 0.717) is 0 Å². The molecule has 1 atom stereocenters. The van der Waals surface area contributed by atoms with Crippen LogP contribution in [-0.2, 0) is 9.59 Å². The number of hydrogen-bond donors (Lipinski definition) is 3. The maximum Gasteiger partial charge on any atom is 0.320 e. The predicted molar refractivity (Wildman–Crippen MR) is 52.7 cm³/mol. The normalized spacial score (nSPS) is 17.0. The fraction of sp³-hybridized carbons (Fsp3) is 0.778. The average molecular weight is 202 g/mol. The van der Waals surface area contributed by atoms with Crippen molar-refractivity contribution in [3.05, 3.63) is 0 Å². The number of carbonyl (C=O) groups excluding carboxylic acids is 1. The summed E-state index contributed by atoms with van der Waals surface area (Å²) in [6.07, 6.45) is 1.76. The fourth-order valence-corrected chi connectivity index (χ4v) is 0.850. The molecule has 0 aromatic carbocycles. The van der Waals surface area contributed by atoms with Crippen LogP contribution < -0.4 is 11.1 Å². The second kappa shape index (κ2) is 6.37. The molecular formula is C9H18N2O3. The van der Waals surface area contributed by atoms with Crippen LogP contribution >= 0.6 is 0 Å². The summed E-state index contributed by atoms with van der Waals surface area (Å²) in [5.41, 5.74) is 5.16. The van der Waals surface area contributed by atoms with Gasteiger partial charge in [-0.3, -0.25) is 9.59 Å². The van der Waals surface area contributed by atoms with Gasteiger partial charge in [-0.05, 0) is 12.3 Å². The summed E-state index contributed by atoms with van der Waals surface area (Å²) in [4.78, 5) is 20.1. The summed E-state index contributed by atoms with van der Waals surface area (Å²) in [7, 11) is 0. The van der Waals surface area contributed by atoms with Crippen LogP contribution in [0.4, 0.5) is 0 Å². The molecule has 0 bridgehead atoms. The third-order valence-corrected chi connectivity index (χ3v) is 1.91. The first-order chi connectivity index (χ1) is 6.45. The average Bonchev–Trinajstić information content (AvgIpc) is 2.55. The van der Waals surface area contributed by atoms with Crippen LogP contribution in [-0.4, -0.2) is 29.6 Å². The Balaban J connectivity index is 0.000000249. The van der Waals surface area contributed by atoms with Gasteiger partial charge in [0.2, 0.25) is 5.91 Å². The van der Waals surface area contributed by atoms with Crippen LogP contribution in [0.25, 0.3) is 0 Å². The monoisotopic (exact) mass is 202 g/mol. The van der Waals surface area contributed by atoms with Crippen LogP contribution in [0.15, 0.2) is 0 Å². The molecule has 1 fully saturated rings. The molecule has 0 spiro atoms. The first kappa shape index (κ1) is 12.9. The number of hydrogen-bond acceptors (Lipinski definition) is 3. The van der Waals surface area contributed by atoms with Crippen LogP contribution in [0, 0.1) is 5.92 Å². The Morgan fingerprint density at radius 1 is 1.57 bits per heavy atom. The van der Waals surface area contributed by atoms with Crippen molar-refractivity contribution in [1.82, 2.24) is 5.32 Å². The van der Waals surface area contributed by atoms with Gasteiger partial charge in [0.25, 0.3) is 0 Å². The molecule has 14 heavy (non-hydrogen) atoms. The zero-order valence-corrected chi connectivity index (χ0v) is 8.62. The van der Waals surface area contributed by atoms with E-state index in [1.807, 2.05) is 0 Å². The Morgan fingerprint density at radius 2 is 2.14 bits per heavy atom. The number of amides is 1. The van der Waals surface area contributed by atoms with Gasteiger partial charge >= 0.3 is 5.97 Å². The lowest BCUT2D eigenvalue weighted by Crippen LogP contribution is -2.34. The van der Waals surface area contributed by atoms with Gasteiger partial charge in [-0.25, -0.2) is 0 Å². The number of carboxylic acid groups (broad SMARTS) is 1. The van der Waals surface area contributed by atoms with E-state index < -0.39 is 12.0 Å². The van der Waals surface area contributed by atoms with E-state index >= 15 is 0 Å². The molecule has 1 aliphatic rings. The van der Waals surface area contributed by atoms with Gasteiger partial charge in [0, 0.05) is 13.0 Å². The third kappa shape index (κ3) is 5.53. The van der Waals surface area contributed by atoms with Crippen molar-refractivity contribution in [3.8, 4) is 0 Å². The highest BCUT2D eigenvalue weighted by atomic mass is 16.4. The summed E-state index contributed by atoms with van der Waals surface area (Å²) in [5, 5.41) is 10.9. The minimum absolute atomic E-state index is 0.0208. The van der Waals surface area contributed by atoms with Gasteiger partial charge in [0.05, 0.1) is 0 Å². The minimum atomic E-state index is -0.931. The summed E-state index contributed by atoms with van der Waals surface area (Å²) in [6.45, 7) is 4.44. The van der Waals surface area contributed by atoms with E-state index in [9.17, 15) is 9.59 Å². The maximum absolute atomic E-state index is 10.1. The Kier molecular flexibility index (Phi) is 5.87. The van der Waals surface area contributed by atoms with Crippen molar-refractivity contribution in [2.24, 2.45) is 11.7 Å². The lowest BCUT2D eigenvalue weighted by Gasteiger charge is -2.07. The second-order valence-corrected chi connectivity index (χ2v) is 3.56. The van der Waals surface area contributed by atoms with Crippen LogP contribution in [0.2, 0.25) is 0 Å². The Morgan fingerprint density at radius 3 is 2.21 bits per heavy atom. The highest BCUT2D eigenvalue weighted by Gasteiger charge is 2.14. The fourth-order valence-electron chi connectivity index (χ4n) is 0.850. The van der Waals surface area contributed by atoms with E-state index in [1.54, 1.807) is 13.8 Å². The Labute approximate surface area is 83.7 Å². The van der Waals surface area contributed by atoms with E-state index in [0.717, 1.165) is 19.4 Å². The molecule has 0 radical (unpaired) electrons. The van der Waals surface area contributed by atoms with Gasteiger partial charge in [-0.1, -0.05) is 13.8 Å². The van der Waals surface area contributed by atoms with Crippen molar-refractivity contribution in [2.75, 3.05) is 6.54 Å². The first-order valence-electron chi connectivity index (χ1n) is 4.70. The van der Waals surface area contributed by atoms with Crippen molar-refractivity contribution in [2.45, 2.75) is 32.7 Å². The molecule has 82 valence electrons. The molecule has 1 rings (SSSR count). The molecule has 0 saturated carbocycles. The third-order valence-electron chi connectivity index (χ3n) is 1.91. The van der Waals surface area contributed by atoms with Gasteiger partial charge in [-0.2, -0.15) is 0 Å². The lowest BCUT2D eigenvalue weighted by atomic mass is 10.1. The zero-order chi connectivity index (χ0) is 11.1. The number of carboxylic acids is 1. The predicted octanol–water partition coefficient (Wildman–Crippen LogP) is -0.0493. The highest BCUT2D eigenvalue weighted by Crippen LogP contribution is 1.96. The molecule has 1 aliphatic heterocycles. The molecule has 4 N–H and O–H groups in total. The standard InChI is InChI=1S/C5H11NO2.C4H7NO/c1-3(2)4(6)5(7)8;6-4-2-1-3-5-4/h3-4H,6H2,1-2H3,(H,7,8);1-3H2,(H,5,6)/t4-;/m0./s1. The molecule has 0 aromatic rings. The summed E-state index contributed by atoms with van der Waals surface area (Å²) >= 11 is 0. The SMILES string of the molecule is CC(C)[C@H](N)C(=O)O.O=C1CCCN1. The largest absolute Gasteiger partial charge is 0.480 e. The first-order valence-corrected chi connectivity index (χ1v) is 4.70. The Hall–Kier alpha value is -1.10. The van der Waals surface area contributed by atoms with Gasteiger partial charge < -0.3 is 16.2 Å². The number of aliphatic carboxylic acids is 1. The zero-order valence-electron chi connectivity index (χ0n) is 8.62. The number of carbonyl (C=O) groups is 2. The quantitative estimate of drug-likeness (QED) is 0.585. The van der Waals surface area contributed by atoms with Gasteiger partial charge in [0.15, 0.2) is 0 Å². The molecule has 5 heteroatoms. The summed E-state index contributed by atoms with van der Waals surface area (Å²) in [5.74, 6) is -0.706. The molecule has 0 aliphatic carbocycles. The van der Waals surface area contributed by atoms with E-state index in [-0.39, 0.29) is 11.8 Å². The molecule has 1 heterocycles. The van der Waals surface area contributed by atoms with E-state index in [1.165, 1.54) is 0 Å².